The second-order valence-electron chi connectivity index (χ2n) is 7.74. The zero-order valence-corrected chi connectivity index (χ0v) is 15.7. The molecule has 2 aliphatic heterocycles. The molecule has 26 heavy (non-hydrogen) atoms. The van der Waals surface area contributed by atoms with Crippen LogP contribution in [0.4, 0.5) is 5.69 Å². The molecule has 2 fully saturated rings. The predicted octanol–water partition coefficient (Wildman–Crippen LogP) is 4.04. The molecule has 1 N–H and O–H groups in total. The number of benzene rings is 2. The Bertz CT molecular complexity index is 671. The van der Waals surface area contributed by atoms with E-state index in [-0.39, 0.29) is 0 Å². The lowest BCUT2D eigenvalue weighted by atomic mass is 10.0. The molecule has 138 valence electrons. The van der Waals surface area contributed by atoms with Gasteiger partial charge in [0.25, 0.3) is 0 Å². The van der Waals surface area contributed by atoms with Crippen LogP contribution in [0.5, 0.6) is 0 Å². The molecule has 0 atom stereocenters. The minimum atomic E-state index is 0.647. The number of anilines is 1. The predicted molar refractivity (Wildman–Crippen MR) is 109 cm³/mol. The maximum absolute atomic E-state index is 3.83. The molecular formula is C23H31N3. The molecule has 2 aliphatic rings. The van der Waals surface area contributed by atoms with Gasteiger partial charge in [-0.3, -0.25) is 4.90 Å². The molecule has 2 aromatic carbocycles. The van der Waals surface area contributed by atoms with E-state index in [0.29, 0.717) is 6.04 Å². The number of likely N-dealkylation sites (tertiary alicyclic amines) is 1. The van der Waals surface area contributed by atoms with Gasteiger partial charge in [0.15, 0.2) is 0 Å². The average Bonchev–Trinajstić information content (AvgIpc) is 3.23. The monoisotopic (exact) mass is 349 g/mol. The van der Waals surface area contributed by atoms with Crippen LogP contribution in [0.1, 0.15) is 36.8 Å². The summed E-state index contributed by atoms with van der Waals surface area (Å²) >= 11 is 0. The van der Waals surface area contributed by atoms with Crippen LogP contribution < -0.4 is 10.2 Å². The third-order valence-corrected chi connectivity index (χ3v) is 5.86. The summed E-state index contributed by atoms with van der Waals surface area (Å²) in [6.07, 6.45) is 5.17. The van der Waals surface area contributed by atoms with E-state index in [1.54, 1.807) is 0 Å². The molecule has 2 heterocycles. The molecule has 3 heteroatoms. The molecular weight excluding hydrogens is 318 g/mol. The summed E-state index contributed by atoms with van der Waals surface area (Å²) in [6.45, 7) is 6.91. The molecule has 0 aliphatic carbocycles. The van der Waals surface area contributed by atoms with Crippen molar-refractivity contribution in [3.8, 4) is 0 Å². The Balaban J connectivity index is 1.26. The number of hydrogen-bond acceptors (Lipinski definition) is 3. The fourth-order valence-corrected chi connectivity index (χ4v) is 4.32. The average molecular weight is 350 g/mol. The maximum Gasteiger partial charge on any atom is 0.0411 e. The summed E-state index contributed by atoms with van der Waals surface area (Å²) in [6, 6.07) is 20.4. The van der Waals surface area contributed by atoms with Crippen molar-refractivity contribution in [2.24, 2.45) is 0 Å². The molecule has 0 unspecified atom stereocenters. The van der Waals surface area contributed by atoms with Crippen molar-refractivity contribution in [1.82, 2.24) is 10.2 Å². The second-order valence-corrected chi connectivity index (χ2v) is 7.74. The maximum atomic E-state index is 3.83. The quantitative estimate of drug-likeness (QED) is 0.849. The summed E-state index contributed by atoms with van der Waals surface area (Å²) in [4.78, 5) is 5.14. The van der Waals surface area contributed by atoms with E-state index in [4.69, 9.17) is 0 Å². The number of para-hydroxylation sites is 1. The third kappa shape index (κ3) is 4.46. The van der Waals surface area contributed by atoms with Crippen molar-refractivity contribution in [3.05, 3.63) is 65.7 Å². The van der Waals surface area contributed by atoms with E-state index in [2.05, 4.69) is 69.7 Å². The zero-order valence-electron chi connectivity index (χ0n) is 15.7. The Labute approximate surface area is 158 Å². The van der Waals surface area contributed by atoms with Crippen molar-refractivity contribution in [3.63, 3.8) is 0 Å². The van der Waals surface area contributed by atoms with E-state index in [9.17, 15) is 0 Å². The second kappa shape index (κ2) is 8.70. The van der Waals surface area contributed by atoms with Gasteiger partial charge >= 0.3 is 0 Å². The highest BCUT2D eigenvalue weighted by atomic mass is 15.2. The molecule has 2 saturated heterocycles. The van der Waals surface area contributed by atoms with Crippen LogP contribution in [0.15, 0.2) is 54.6 Å². The first-order chi connectivity index (χ1) is 12.9. The van der Waals surface area contributed by atoms with Gasteiger partial charge in [0, 0.05) is 37.9 Å². The minimum Gasteiger partial charge on any atom is -0.371 e. The van der Waals surface area contributed by atoms with Crippen LogP contribution in [0, 0.1) is 0 Å². The summed E-state index contributed by atoms with van der Waals surface area (Å²) in [5.41, 5.74) is 4.33. The number of piperidine rings is 1. The number of rotatable bonds is 6. The molecule has 0 aromatic heterocycles. The van der Waals surface area contributed by atoms with Crippen molar-refractivity contribution in [2.75, 3.05) is 31.1 Å². The van der Waals surface area contributed by atoms with Crippen molar-refractivity contribution < 1.29 is 0 Å². The van der Waals surface area contributed by atoms with E-state index in [0.717, 1.165) is 13.1 Å². The zero-order chi connectivity index (χ0) is 17.6. The first-order valence-electron chi connectivity index (χ1n) is 10.2. The Morgan fingerprint density at radius 1 is 0.808 bits per heavy atom. The smallest absolute Gasteiger partial charge is 0.0411 e. The topological polar surface area (TPSA) is 18.5 Å². The van der Waals surface area contributed by atoms with Crippen LogP contribution in [0.3, 0.4) is 0 Å². The first-order valence-corrected chi connectivity index (χ1v) is 10.2. The number of hydrogen-bond donors (Lipinski definition) is 1. The fourth-order valence-electron chi connectivity index (χ4n) is 4.32. The Morgan fingerprint density at radius 2 is 1.50 bits per heavy atom. The molecule has 0 amide bonds. The highest BCUT2D eigenvalue weighted by Crippen LogP contribution is 2.25. The standard InChI is InChI=1S/C23H31N3/c1-2-8-20(9-3-1)19-25-16-12-22(13-17-25)24-18-21-10-4-5-11-23(21)26-14-6-7-15-26/h1-5,8-11,22,24H,6-7,12-19H2. The third-order valence-electron chi connectivity index (χ3n) is 5.86. The van der Waals surface area contributed by atoms with E-state index < -0.39 is 0 Å². The lowest BCUT2D eigenvalue weighted by Crippen LogP contribution is -2.42. The van der Waals surface area contributed by atoms with Crippen LogP contribution in [-0.2, 0) is 13.1 Å². The van der Waals surface area contributed by atoms with Gasteiger partial charge in [-0.1, -0.05) is 48.5 Å². The van der Waals surface area contributed by atoms with Crippen molar-refractivity contribution in [1.29, 1.82) is 0 Å². The van der Waals surface area contributed by atoms with Gasteiger partial charge in [0.05, 0.1) is 0 Å². The van der Waals surface area contributed by atoms with Gasteiger partial charge < -0.3 is 10.2 Å². The fraction of sp³-hybridized carbons (Fsp3) is 0.478. The van der Waals surface area contributed by atoms with Gasteiger partial charge in [-0.2, -0.15) is 0 Å². The molecule has 2 aromatic rings. The van der Waals surface area contributed by atoms with Crippen LogP contribution >= 0.6 is 0 Å². The molecule has 0 bridgehead atoms. The van der Waals surface area contributed by atoms with Gasteiger partial charge in [0.1, 0.15) is 0 Å². The molecule has 0 radical (unpaired) electrons. The Kier molecular flexibility index (Phi) is 5.88. The molecule has 0 saturated carbocycles. The number of nitrogens with zero attached hydrogens (tertiary/aromatic N) is 2. The normalized spacial score (nSPS) is 19.2. The van der Waals surface area contributed by atoms with Crippen LogP contribution in [0.25, 0.3) is 0 Å². The highest BCUT2D eigenvalue weighted by Gasteiger charge is 2.20. The minimum absolute atomic E-state index is 0.647. The van der Waals surface area contributed by atoms with Crippen LogP contribution in [0.2, 0.25) is 0 Å². The lowest BCUT2D eigenvalue weighted by Gasteiger charge is -2.33. The highest BCUT2D eigenvalue weighted by molar-refractivity contribution is 5.54. The van der Waals surface area contributed by atoms with Gasteiger partial charge in [-0.25, -0.2) is 0 Å². The summed E-state index contributed by atoms with van der Waals surface area (Å²) < 4.78 is 0. The van der Waals surface area contributed by atoms with E-state index in [1.165, 1.54) is 68.7 Å². The summed E-state index contributed by atoms with van der Waals surface area (Å²) in [7, 11) is 0. The van der Waals surface area contributed by atoms with E-state index >= 15 is 0 Å². The van der Waals surface area contributed by atoms with E-state index in [1.807, 2.05) is 0 Å². The Hall–Kier alpha value is -1.84. The first kappa shape index (κ1) is 17.6. The summed E-state index contributed by atoms with van der Waals surface area (Å²) in [5.74, 6) is 0. The summed E-state index contributed by atoms with van der Waals surface area (Å²) in [5, 5.41) is 3.83. The van der Waals surface area contributed by atoms with Gasteiger partial charge in [-0.05, 0) is 56.0 Å². The van der Waals surface area contributed by atoms with Gasteiger partial charge in [-0.15, -0.1) is 0 Å². The molecule has 3 nitrogen and oxygen atoms in total. The SMILES string of the molecule is c1ccc(CN2CCC(NCc3ccccc3N3CCCC3)CC2)cc1. The molecule has 4 rings (SSSR count). The Morgan fingerprint density at radius 3 is 2.27 bits per heavy atom. The lowest BCUT2D eigenvalue weighted by molar-refractivity contribution is 0.190. The molecule has 0 spiro atoms. The van der Waals surface area contributed by atoms with Gasteiger partial charge in [0.2, 0.25) is 0 Å². The van der Waals surface area contributed by atoms with Crippen molar-refractivity contribution >= 4 is 5.69 Å². The van der Waals surface area contributed by atoms with Crippen LogP contribution in [-0.4, -0.2) is 37.1 Å². The largest absolute Gasteiger partial charge is 0.371 e. The van der Waals surface area contributed by atoms with Crippen molar-refractivity contribution in [2.45, 2.75) is 44.8 Å². The number of nitrogens with one attached hydrogen (secondary N) is 1.